The third kappa shape index (κ3) is 1.94. The normalized spacial score (nSPS) is 10.3. The fraction of sp³-hybridized carbons (Fsp3) is 0. The minimum atomic E-state index is -0.620. The summed E-state index contributed by atoms with van der Waals surface area (Å²) in [7, 11) is 0. The van der Waals surface area contributed by atoms with Gasteiger partial charge in [0, 0.05) is 11.6 Å². The third-order valence-electron chi connectivity index (χ3n) is 1.98. The molecule has 1 heterocycles. The van der Waals surface area contributed by atoms with Crippen LogP contribution in [-0.2, 0) is 0 Å². The Bertz CT molecular complexity index is 505. The maximum Gasteiger partial charge on any atom is 0.160 e. The van der Waals surface area contributed by atoms with E-state index in [9.17, 15) is 13.6 Å². The molecule has 1 aromatic carbocycles. The van der Waals surface area contributed by atoms with Crippen LogP contribution in [0.5, 0.6) is 0 Å². The molecule has 0 aliphatic heterocycles. The van der Waals surface area contributed by atoms with Gasteiger partial charge in [-0.2, -0.15) is 0 Å². The molecule has 0 aliphatic rings. The summed E-state index contributed by atoms with van der Waals surface area (Å²) in [5.74, 6) is -1.23. The van der Waals surface area contributed by atoms with Crippen LogP contribution in [0.2, 0.25) is 0 Å². The molecule has 0 unspecified atom stereocenters. The van der Waals surface area contributed by atoms with Crippen LogP contribution in [-0.4, -0.2) is 6.29 Å². The average Bonchev–Trinajstić information content (AvgIpc) is 2.66. The molecule has 1 aromatic heterocycles. The van der Waals surface area contributed by atoms with Gasteiger partial charge in [0.05, 0.1) is 4.88 Å². The first-order valence-electron chi connectivity index (χ1n) is 4.20. The zero-order valence-corrected chi connectivity index (χ0v) is 8.35. The van der Waals surface area contributed by atoms with E-state index in [1.165, 1.54) is 23.5 Å². The first-order chi connectivity index (χ1) is 7.20. The largest absolute Gasteiger partial charge is 0.297 e. The predicted molar refractivity (Wildman–Crippen MR) is 55.1 cm³/mol. The van der Waals surface area contributed by atoms with Crippen molar-refractivity contribution in [1.82, 2.24) is 0 Å². The van der Waals surface area contributed by atoms with Gasteiger partial charge in [0.2, 0.25) is 0 Å². The standard InChI is InChI=1S/C11H6F2OS/c12-8-1-2-10(11(13)4-8)7-3-9(5-14)15-6-7/h1-6H. The first-order valence-corrected chi connectivity index (χ1v) is 5.08. The minimum Gasteiger partial charge on any atom is -0.297 e. The molecule has 76 valence electrons. The van der Waals surface area contributed by atoms with E-state index in [4.69, 9.17) is 0 Å². The Labute approximate surface area is 89.0 Å². The van der Waals surface area contributed by atoms with E-state index in [0.29, 0.717) is 22.3 Å². The Hall–Kier alpha value is -1.55. The number of benzene rings is 1. The molecule has 0 aliphatic carbocycles. The van der Waals surface area contributed by atoms with Crippen molar-refractivity contribution in [3.63, 3.8) is 0 Å². The van der Waals surface area contributed by atoms with Crippen molar-refractivity contribution in [1.29, 1.82) is 0 Å². The highest BCUT2D eigenvalue weighted by molar-refractivity contribution is 7.12. The van der Waals surface area contributed by atoms with E-state index in [1.807, 2.05) is 0 Å². The van der Waals surface area contributed by atoms with Gasteiger partial charge in [-0.1, -0.05) is 0 Å². The zero-order chi connectivity index (χ0) is 10.8. The monoisotopic (exact) mass is 224 g/mol. The van der Waals surface area contributed by atoms with Gasteiger partial charge in [-0.15, -0.1) is 11.3 Å². The van der Waals surface area contributed by atoms with Crippen molar-refractivity contribution in [2.75, 3.05) is 0 Å². The van der Waals surface area contributed by atoms with Gasteiger partial charge >= 0.3 is 0 Å². The van der Waals surface area contributed by atoms with Gasteiger partial charge in [0.25, 0.3) is 0 Å². The lowest BCUT2D eigenvalue weighted by Gasteiger charge is -1.99. The Morgan fingerprint density at radius 1 is 1.20 bits per heavy atom. The van der Waals surface area contributed by atoms with Crippen molar-refractivity contribution in [3.8, 4) is 11.1 Å². The molecular weight excluding hydrogens is 218 g/mol. The Kier molecular flexibility index (Phi) is 2.60. The number of rotatable bonds is 2. The van der Waals surface area contributed by atoms with Gasteiger partial charge < -0.3 is 0 Å². The van der Waals surface area contributed by atoms with Gasteiger partial charge in [0.15, 0.2) is 6.29 Å². The number of halogens is 2. The first kappa shape index (κ1) is 9.98. The van der Waals surface area contributed by atoms with E-state index in [2.05, 4.69) is 0 Å². The van der Waals surface area contributed by atoms with Crippen molar-refractivity contribution >= 4 is 17.6 Å². The maximum absolute atomic E-state index is 13.3. The average molecular weight is 224 g/mol. The highest BCUT2D eigenvalue weighted by Gasteiger charge is 2.08. The van der Waals surface area contributed by atoms with E-state index < -0.39 is 11.6 Å². The molecule has 1 nitrogen and oxygen atoms in total. The van der Waals surface area contributed by atoms with E-state index in [0.717, 1.165) is 6.07 Å². The van der Waals surface area contributed by atoms with Gasteiger partial charge in [-0.3, -0.25) is 4.79 Å². The second-order valence-electron chi connectivity index (χ2n) is 2.98. The van der Waals surface area contributed by atoms with Crippen molar-refractivity contribution in [2.24, 2.45) is 0 Å². The maximum atomic E-state index is 13.3. The molecule has 0 fully saturated rings. The molecule has 0 bridgehead atoms. The third-order valence-corrected chi connectivity index (χ3v) is 2.84. The fourth-order valence-electron chi connectivity index (χ4n) is 1.28. The van der Waals surface area contributed by atoms with Crippen LogP contribution in [0, 0.1) is 11.6 Å². The quantitative estimate of drug-likeness (QED) is 0.713. The molecule has 0 saturated heterocycles. The summed E-state index contributed by atoms with van der Waals surface area (Å²) in [5.41, 5.74) is 0.903. The molecule has 0 radical (unpaired) electrons. The molecule has 0 N–H and O–H groups in total. The summed E-state index contributed by atoms with van der Waals surface area (Å²) >= 11 is 1.23. The molecule has 4 heteroatoms. The van der Waals surface area contributed by atoms with E-state index >= 15 is 0 Å². The number of carbonyl (C=O) groups is 1. The summed E-state index contributed by atoms with van der Waals surface area (Å²) in [6, 6.07) is 4.96. The summed E-state index contributed by atoms with van der Waals surface area (Å²) in [6.45, 7) is 0. The van der Waals surface area contributed by atoms with Crippen LogP contribution in [0.1, 0.15) is 9.67 Å². The molecule has 2 rings (SSSR count). The number of aldehydes is 1. The second kappa shape index (κ2) is 3.90. The van der Waals surface area contributed by atoms with Gasteiger partial charge in [-0.05, 0) is 29.1 Å². The minimum absolute atomic E-state index is 0.306. The topological polar surface area (TPSA) is 17.1 Å². The van der Waals surface area contributed by atoms with Crippen LogP contribution in [0.25, 0.3) is 11.1 Å². The van der Waals surface area contributed by atoms with Gasteiger partial charge in [-0.25, -0.2) is 8.78 Å². The molecule has 0 spiro atoms. The number of thiophene rings is 1. The number of hydrogen-bond acceptors (Lipinski definition) is 2. The van der Waals surface area contributed by atoms with Crippen molar-refractivity contribution in [3.05, 3.63) is 46.2 Å². The summed E-state index contributed by atoms with van der Waals surface area (Å²) < 4.78 is 26.0. The molecular formula is C11H6F2OS. The lowest BCUT2D eigenvalue weighted by Crippen LogP contribution is -1.84. The fourth-order valence-corrected chi connectivity index (χ4v) is 1.99. The van der Waals surface area contributed by atoms with E-state index in [1.54, 1.807) is 11.4 Å². The predicted octanol–water partition coefficient (Wildman–Crippen LogP) is 3.51. The SMILES string of the molecule is O=Cc1cc(-c2ccc(F)cc2F)cs1. The zero-order valence-electron chi connectivity index (χ0n) is 7.54. The summed E-state index contributed by atoms with van der Waals surface area (Å²) in [5, 5.41) is 1.67. The van der Waals surface area contributed by atoms with Crippen LogP contribution in [0.4, 0.5) is 8.78 Å². The van der Waals surface area contributed by atoms with Crippen LogP contribution < -0.4 is 0 Å². The molecule has 2 aromatic rings. The smallest absolute Gasteiger partial charge is 0.160 e. The molecule has 0 atom stereocenters. The molecule has 15 heavy (non-hydrogen) atoms. The highest BCUT2D eigenvalue weighted by atomic mass is 32.1. The Morgan fingerprint density at radius 3 is 2.60 bits per heavy atom. The van der Waals surface area contributed by atoms with Crippen molar-refractivity contribution in [2.45, 2.75) is 0 Å². The van der Waals surface area contributed by atoms with Crippen LogP contribution in [0.3, 0.4) is 0 Å². The summed E-state index contributed by atoms with van der Waals surface area (Å²) in [6.07, 6.45) is 0.704. The summed E-state index contributed by atoms with van der Waals surface area (Å²) in [4.78, 5) is 11.0. The van der Waals surface area contributed by atoms with Crippen LogP contribution >= 0.6 is 11.3 Å². The Balaban J connectivity index is 2.49. The number of carbonyl (C=O) groups excluding carboxylic acids is 1. The molecule has 0 saturated carbocycles. The van der Waals surface area contributed by atoms with E-state index in [-0.39, 0.29) is 0 Å². The molecule has 0 amide bonds. The number of hydrogen-bond donors (Lipinski definition) is 0. The second-order valence-corrected chi connectivity index (χ2v) is 3.92. The van der Waals surface area contributed by atoms with Gasteiger partial charge in [0.1, 0.15) is 11.6 Å². The lowest BCUT2D eigenvalue weighted by molar-refractivity contribution is 0.112. The lowest BCUT2D eigenvalue weighted by atomic mass is 10.1. The van der Waals surface area contributed by atoms with Crippen LogP contribution in [0.15, 0.2) is 29.6 Å². The Morgan fingerprint density at radius 2 is 2.00 bits per heavy atom. The highest BCUT2D eigenvalue weighted by Crippen LogP contribution is 2.27. The van der Waals surface area contributed by atoms with Crippen molar-refractivity contribution < 1.29 is 13.6 Å².